The van der Waals surface area contributed by atoms with Crippen LogP contribution in [0.5, 0.6) is 0 Å². The summed E-state index contributed by atoms with van der Waals surface area (Å²) in [5.74, 6) is 0.355. The lowest BCUT2D eigenvalue weighted by atomic mass is 9.98. The standard InChI is InChI=1S/C16H26N4O/c1-16(11-17,12-4-5-12)19-15(21)10-20(14-6-7-14)9-13-3-2-8-18-13/h12-14,18H,2-10H2,1H3,(H,19,21). The van der Waals surface area contributed by atoms with E-state index in [-0.39, 0.29) is 5.91 Å². The van der Waals surface area contributed by atoms with Crippen LogP contribution in [0, 0.1) is 17.2 Å². The van der Waals surface area contributed by atoms with E-state index in [1.54, 1.807) is 0 Å². The number of hydrogen-bond acceptors (Lipinski definition) is 4. The van der Waals surface area contributed by atoms with Crippen molar-refractivity contribution in [3.63, 3.8) is 0 Å². The molecule has 0 radical (unpaired) electrons. The van der Waals surface area contributed by atoms with E-state index in [1.165, 1.54) is 25.7 Å². The Morgan fingerprint density at radius 1 is 1.38 bits per heavy atom. The first-order valence-corrected chi connectivity index (χ1v) is 8.30. The zero-order valence-electron chi connectivity index (χ0n) is 12.9. The summed E-state index contributed by atoms with van der Waals surface area (Å²) in [5, 5.41) is 15.8. The van der Waals surface area contributed by atoms with E-state index in [0.717, 1.165) is 25.9 Å². The lowest BCUT2D eigenvalue weighted by Crippen LogP contribution is -2.51. The van der Waals surface area contributed by atoms with Gasteiger partial charge in [-0.15, -0.1) is 0 Å². The third-order valence-corrected chi connectivity index (χ3v) is 5.05. The molecule has 5 nitrogen and oxygen atoms in total. The third kappa shape index (κ3) is 3.75. The molecular weight excluding hydrogens is 264 g/mol. The van der Waals surface area contributed by atoms with Crippen molar-refractivity contribution in [2.75, 3.05) is 19.6 Å². The molecule has 0 aromatic carbocycles. The topological polar surface area (TPSA) is 68.2 Å². The number of nitrogens with zero attached hydrogens (tertiary/aromatic N) is 2. The number of carbonyl (C=O) groups excluding carboxylic acids is 1. The van der Waals surface area contributed by atoms with Gasteiger partial charge in [-0.2, -0.15) is 5.26 Å². The van der Waals surface area contributed by atoms with E-state index < -0.39 is 5.54 Å². The highest BCUT2D eigenvalue weighted by molar-refractivity contribution is 5.79. The molecule has 3 rings (SSSR count). The van der Waals surface area contributed by atoms with Crippen LogP contribution in [0.25, 0.3) is 0 Å². The Labute approximate surface area is 127 Å². The molecule has 3 fully saturated rings. The van der Waals surface area contributed by atoms with Crippen molar-refractivity contribution in [2.45, 2.75) is 63.1 Å². The van der Waals surface area contributed by atoms with Crippen LogP contribution < -0.4 is 10.6 Å². The van der Waals surface area contributed by atoms with Gasteiger partial charge in [0.15, 0.2) is 0 Å². The highest BCUT2D eigenvalue weighted by Crippen LogP contribution is 2.39. The molecule has 0 aromatic heterocycles. The van der Waals surface area contributed by atoms with Gasteiger partial charge in [0.2, 0.25) is 5.91 Å². The van der Waals surface area contributed by atoms with Crippen LogP contribution in [-0.4, -0.2) is 48.1 Å². The second-order valence-corrected chi connectivity index (χ2v) is 7.09. The maximum Gasteiger partial charge on any atom is 0.235 e. The van der Waals surface area contributed by atoms with Crippen molar-refractivity contribution in [3.8, 4) is 6.07 Å². The summed E-state index contributed by atoms with van der Waals surface area (Å²) in [5.41, 5.74) is -0.669. The van der Waals surface area contributed by atoms with Gasteiger partial charge in [-0.05, 0) is 57.9 Å². The van der Waals surface area contributed by atoms with Crippen molar-refractivity contribution in [1.82, 2.24) is 15.5 Å². The van der Waals surface area contributed by atoms with Gasteiger partial charge >= 0.3 is 0 Å². The van der Waals surface area contributed by atoms with E-state index in [2.05, 4.69) is 21.6 Å². The first-order valence-electron chi connectivity index (χ1n) is 8.30. The smallest absolute Gasteiger partial charge is 0.235 e. The molecular formula is C16H26N4O. The van der Waals surface area contributed by atoms with Crippen LogP contribution in [0.2, 0.25) is 0 Å². The quantitative estimate of drug-likeness (QED) is 0.734. The van der Waals surface area contributed by atoms with Crippen LogP contribution in [0.3, 0.4) is 0 Å². The molecule has 5 heteroatoms. The highest BCUT2D eigenvalue weighted by atomic mass is 16.2. The molecule has 1 saturated heterocycles. The summed E-state index contributed by atoms with van der Waals surface area (Å²) in [4.78, 5) is 14.7. The van der Waals surface area contributed by atoms with Gasteiger partial charge in [0.1, 0.15) is 5.54 Å². The van der Waals surface area contributed by atoms with Crippen LogP contribution in [0.4, 0.5) is 0 Å². The maximum absolute atomic E-state index is 12.3. The van der Waals surface area contributed by atoms with E-state index in [1.807, 2.05) is 6.92 Å². The summed E-state index contributed by atoms with van der Waals surface area (Å²) in [6.07, 6.45) is 6.98. The molecule has 3 aliphatic rings. The molecule has 2 unspecified atom stereocenters. The highest BCUT2D eigenvalue weighted by Gasteiger charge is 2.43. The second kappa shape index (κ2) is 5.94. The molecule has 0 aromatic rings. The fourth-order valence-electron chi connectivity index (χ4n) is 3.37. The third-order valence-electron chi connectivity index (χ3n) is 5.05. The Balaban J connectivity index is 1.52. The van der Waals surface area contributed by atoms with E-state index >= 15 is 0 Å². The zero-order chi connectivity index (χ0) is 14.9. The minimum absolute atomic E-state index is 0.0100. The van der Waals surface area contributed by atoms with Gasteiger partial charge < -0.3 is 10.6 Å². The lowest BCUT2D eigenvalue weighted by Gasteiger charge is -2.28. The number of nitrogens with one attached hydrogen (secondary N) is 2. The molecule has 116 valence electrons. The van der Waals surface area contributed by atoms with Crippen molar-refractivity contribution >= 4 is 5.91 Å². The van der Waals surface area contributed by atoms with Gasteiger partial charge in [0.25, 0.3) is 0 Å². The first kappa shape index (κ1) is 14.8. The Hall–Kier alpha value is -1.12. The Kier molecular flexibility index (Phi) is 4.19. The maximum atomic E-state index is 12.3. The molecule has 2 aliphatic carbocycles. The molecule has 1 aliphatic heterocycles. The number of carbonyl (C=O) groups is 1. The minimum atomic E-state index is -0.669. The van der Waals surface area contributed by atoms with Gasteiger partial charge in [0.05, 0.1) is 12.6 Å². The molecule has 2 saturated carbocycles. The molecule has 0 spiro atoms. The summed E-state index contributed by atoms with van der Waals surface area (Å²) in [7, 11) is 0. The second-order valence-electron chi connectivity index (χ2n) is 7.09. The summed E-state index contributed by atoms with van der Waals surface area (Å²) in [6.45, 7) is 4.36. The number of amides is 1. The number of rotatable bonds is 7. The molecule has 0 bridgehead atoms. The molecule has 2 atom stereocenters. The SMILES string of the molecule is CC(C#N)(NC(=O)CN(CC1CCCN1)C1CC1)C1CC1. The Morgan fingerprint density at radius 2 is 2.14 bits per heavy atom. The summed E-state index contributed by atoms with van der Waals surface area (Å²) >= 11 is 0. The van der Waals surface area contributed by atoms with E-state index in [0.29, 0.717) is 24.5 Å². The van der Waals surface area contributed by atoms with Crippen molar-refractivity contribution in [3.05, 3.63) is 0 Å². The summed E-state index contributed by atoms with van der Waals surface area (Å²) < 4.78 is 0. The Bertz CT molecular complexity index is 432. The van der Waals surface area contributed by atoms with Gasteiger partial charge in [0, 0.05) is 18.6 Å². The average molecular weight is 290 g/mol. The number of hydrogen-bond donors (Lipinski definition) is 2. The predicted molar refractivity (Wildman–Crippen MR) is 80.5 cm³/mol. The minimum Gasteiger partial charge on any atom is -0.337 e. The van der Waals surface area contributed by atoms with E-state index in [9.17, 15) is 10.1 Å². The van der Waals surface area contributed by atoms with Crippen molar-refractivity contribution < 1.29 is 4.79 Å². The predicted octanol–water partition coefficient (Wildman–Crippen LogP) is 1.01. The van der Waals surface area contributed by atoms with Gasteiger partial charge in [-0.3, -0.25) is 9.69 Å². The average Bonchev–Trinajstić information content (AvgIpc) is 3.36. The zero-order valence-corrected chi connectivity index (χ0v) is 12.9. The first-order chi connectivity index (χ1) is 10.1. The number of nitriles is 1. The van der Waals surface area contributed by atoms with E-state index in [4.69, 9.17) is 0 Å². The van der Waals surface area contributed by atoms with Crippen LogP contribution >= 0.6 is 0 Å². The largest absolute Gasteiger partial charge is 0.337 e. The normalized spacial score (nSPS) is 28.1. The van der Waals surface area contributed by atoms with Crippen LogP contribution in [0.1, 0.15) is 45.4 Å². The van der Waals surface area contributed by atoms with Crippen LogP contribution in [0.15, 0.2) is 0 Å². The molecule has 1 amide bonds. The Morgan fingerprint density at radius 3 is 2.67 bits per heavy atom. The fraction of sp³-hybridized carbons (Fsp3) is 0.875. The van der Waals surface area contributed by atoms with Crippen molar-refractivity contribution in [2.24, 2.45) is 5.92 Å². The van der Waals surface area contributed by atoms with Crippen molar-refractivity contribution in [1.29, 1.82) is 5.26 Å². The summed E-state index contributed by atoms with van der Waals surface area (Å²) in [6, 6.07) is 3.41. The molecule has 2 N–H and O–H groups in total. The van der Waals surface area contributed by atoms with Gasteiger partial charge in [-0.25, -0.2) is 0 Å². The molecule has 1 heterocycles. The monoisotopic (exact) mass is 290 g/mol. The molecule has 21 heavy (non-hydrogen) atoms. The van der Waals surface area contributed by atoms with Crippen LogP contribution in [-0.2, 0) is 4.79 Å². The lowest BCUT2D eigenvalue weighted by molar-refractivity contribution is -0.123. The van der Waals surface area contributed by atoms with Gasteiger partial charge in [-0.1, -0.05) is 0 Å². The fourth-order valence-corrected chi connectivity index (χ4v) is 3.37.